The van der Waals surface area contributed by atoms with E-state index in [0.717, 1.165) is 25.0 Å². The molecule has 0 saturated carbocycles. The van der Waals surface area contributed by atoms with E-state index in [2.05, 4.69) is 19.2 Å². The van der Waals surface area contributed by atoms with Gasteiger partial charge in [0, 0.05) is 12.6 Å². The number of phenolic OH excluding ortho intramolecular Hbond substituents is 1. The molecule has 0 saturated heterocycles. The lowest BCUT2D eigenvalue weighted by Crippen LogP contribution is -2.33. The molecule has 0 bridgehead atoms. The van der Waals surface area contributed by atoms with Gasteiger partial charge >= 0.3 is 0 Å². The van der Waals surface area contributed by atoms with E-state index in [1.807, 2.05) is 0 Å². The van der Waals surface area contributed by atoms with Gasteiger partial charge in [-0.05, 0) is 18.1 Å². The van der Waals surface area contributed by atoms with Crippen LogP contribution in [0.4, 0.5) is 4.39 Å². The quantitative estimate of drug-likeness (QED) is 0.789. The molecule has 2 N–H and O–H groups in total. The summed E-state index contributed by atoms with van der Waals surface area (Å²) in [5, 5.41) is 12.0. The number of carbonyl (C=O) groups is 1. The molecule has 0 aromatic heterocycles. The molecule has 1 aromatic rings. The van der Waals surface area contributed by atoms with Crippen LogP contribution in [0.1, 0.15) is 37.0 Å². The molecule has 0 spiro atoms. The molecule has 3 nitrogen and oxygen atoms in total. The SMILES string of the molecule is CCC(CC)C(Cl)CNC(=O)c1ccc(F)cc1O. The number of carbonyl (C=O) groups excluding carboxylic acids is 1. The normalized spacial score (nSPS) is 12.5. The third-order valence-corrected chi connectivity index (χ3v) is 3.73. The summed E-state index contributed by atoms with van der Waals surface area (Å²) in [4.78, 5) is 11.8. The minimum atomic E-state index is -0.582. The molecule has 0 radical (unpaired) electrons. The van der Waals surface area contributed by atoms with Gasteiger partial charge in [0.25, 0.3) is 5.91 Å². The van der Waals surface area contributed by atoms with E-state index >= 15 is 0 Å². The fraction of sp³-hybridized carbons (Fsp3) is 0.500. The van der Waals surface area contributed by atoms with Gasteiger partial charge in [-0.2, -0.15) is 0 Å². The van der Waals surface area contributed by atoms with Crippen LogP contribution >= 0.6 is 11.6 Å². The zero-order valence-electron chi connectivity index (χ0n) is 11.1. The first-order valence-electron chi connectivity index (χ1n) is 6.40. The molecule has 1 aromatic carbocycles. The Morgan fingerprint density at radius 3 is 2.58 bits per heavy atom. The molecule has 1 unspecified atom stereocenters. The first kappa shape index (κ1) is 15.8. The summed E-state index contributed by atoms with van der Waals surface area (Å²) in [7, 11) is 0. The van der Waals surface area contributed by atoms with Gasteiger partial charge in [-0.15, -0.1) is 11.6 Å². The maximum Gasteiger partial charge on any atom is 0.255 e. The summed E-state index contributed by atoms with van der Waals surface area (Å²) in [6, 6.07) is 3.29. The lowest BCUT2D eigenvalue weighted by Gasteiger charge is -2.19. The van der Waals surface area contributed by atoms with Crippen LogP contribution < -0.4 is 5.32 Å². The molecule has 1 rings (SSSR count). The number of hydrogen-bond acceptors (Lipinski definition) is 2. The summed E-state index contributed by atoms with van der Waals surface area (Å²) in [5.41, 5.74) is 0.0508. The van der Waals surface area contributed by atoms with Crippen LogP contribution in [0.15, 0.2) is 18.2 Å². The van der Waals surface area contributed by atoms with Crippen molar-refractivity contribution in [2.24, 2.45) is 5.92 Å². The van der Waals surface area contributed by atoms with E-state index in [4.69, 9.17) is 11.6 Å². The minimum Gasteiger partial charge on any atom is -0.507 e. The molecule has 0 fully saturated rings. The highest BCUT2D eigenvalue weighted by atomic mass is 35.5. The fourth-order valence-electron chi connectivity index (χ4n) is 1.95. The van der Waals surface area contributed by atoms with E-state index in [1.54, 1.807) is 0 Å². The van der Waals surface area contributed by atoms with E-state index in [1.165, 1.54) is 6.07 Å². The van der Waals surface area contributed by atoms with Crippen LogP contribution in [0.3, 0.4) is 0 Å². The second-order valence-electron chi connectivity index (χ2n) is 4.46. The van der Waals surface area contributed by atoms with Gasteiger partial charge in [0.05, 0.1) is 10.9 Å². The monoisotopic (exact) mass is 287 g/mol. The van der Waals surface area contributed by atoms with Gasteiger partial charge < -0.3 is 10.4 Å². The Balaban J connectivity index is 2.60. The van der Waals surface area contributed by atoms with Crippen LogP contribution in [0, 0.1) is 11.7 Å². The Bertz CT molecular complexity index is 435. The summed E-state index contributed by atoms with van der Waals surface area (Å²) < 4.78 is 12.8. The first-order valence-corrected chi connectivity index (χ1v) is 6.84. The fourth-order valence-corrected chi connectivity index (χ4v) is 2.38. The van der Waals surface area contributed by atoms with Crippen LogP contribution in [-0.2, 0) is 0 Å². The number of hydrogen-bond donors (Lipinski definition) is 2. The number of nitrogens with one attached hydrogen (secondary N) is 1. The maximum absolute atomic E-state index is 12.8. The highest BCUT2D eigenvalue weighted by molar-refractivity contribution is 6.21. The van der Waals surface area contributed by atoms with Crippen LogP contribution in [0.25, 0.3) is 0 Å². The lowest BCUT2D eigenvalue weighted by molar-refractivity contribution is 0.0949. The Labute approximate surface area is 117 Å². The second kappa shape index (κ2) is 7.34. The smallest absolute Gasteiger partial charge is 0.255 e. The number of amides is 1. The molecule has 0 aliphatic carbocycles. The molecule has 5 heteroatoms. The van der Waals surface area contributed by atoms with Crippen molar-refractivity contribution in [1.29, 1.82) is 0 Å². The maximum atomic E-state index is 12.8. The molecule has 106 valence electrons. The van der Waals surface area contributed by atoms with Crippen molar-refractivity contribution >= 4 is 17.5 Å². The van der Waals surface area contributed by atoms with Crippen molar-refractivity contribution in [3.05, 3.63) is 29.6 Å². The average molecular weight is 288 g/mol. The van der Waals surface area contributed by atoms with Gasteiger partial charge in [0.2, 0.25) is 0 Å². The van der Waals surface area contributed by atoms with Gasteiger partial charge in [0.15, 0.2) is 0 Å². The molecular weight excluding hydrogens is 269 g/mol. The van der Waals surface area contributed by atoms with Crippen LogP contribution in [0.5, 0.6) is 5.75 Å². The second-order valence-corrected chi connectivity index (χ2v) is 5.02. The number of rotatable bonds is 6. The van der Waals surface area contributed by atoms with Crippen molar-refractivity contribution in [3.8, 4) is 5.75 Å². The first-order chi connectivity index (χ1) is 8.99. The Morgan fingerprint density at radius 1 is 1.42 bits per heavy atom. The number of phenols is 1. The molecule has 1 atom stereocenters. The van der Waals surface area contributed by atoms with E-state index in [0.29, 0.717) is 12.5 Å². The van der Waals surface area contributed by atoms with Crippen molar-refractivity contribution in [1.82, 2.24) is 5.32 Å². The molecule has 0 aliphatic heterocycles. The molecular formula is C14H19ClFNO2. The molecule has 19 heavy (non-hydrogen) atoms. The zero-order chi connectivity index (χ0) is 14.4. The standard InChI is InChI=1S/C14H19ClFNO2/c1-3-9(4-2)12(15)8-17-14(19)11-6-5-10(16)7-13(11)18/h5-7,9,12,18H,3-4,8H2,1-2H3,(H,17,19). The van der Waals surface area contributed by atoms with Gasteiger partial charge in [-0.3, -0.25) is 4.79 Å². The van der Waals surface area contributed by atoms with E-state index in [9.17, 15) is 14.3 Å². The number of aromatic hydroxyl groups is 1. The van der Waals surface area contributed by atoms with Gasteiger partial charge in [-0.25, -0.2) is 4.39 Å². The van der Waals surface area contributed by atoms with E-state index < -0.39 is 11.7 Å². The summed E-state index contributed by atoms with van der Waals surface area (Å²) in [5.74, 6) is -1.06. The summed E-state index contributed by atoms with van der Waals surface area (Å²) >= 11 is 6.21. The van der Waals surface area contributed by atoms with Crippen molar-refractivity contribution < 1.29 is 14.3 Å². The highest BCUT2D eigenvalue weighted by Gasteiger charge is 2.18. The average Bonchev–Trinajstić information content (AvgIpc) is 2.37. The lowest BCUT2D eigenvalue weighted by atomic mass is 9.99. The largest absolute Gasteiger partial charge is 0.507 e. The number of halogens is 2. The summed E-state index contributed by atoms with van der Waals surface area (Å²) in [6.07, 6.45) is 1.89. The Morgan fingerprint density at radius 2 is 2.05 bits per heavy atom. The predicted octanol–water partition coefficient (Wildman–Crippen LogP) is 3.30. The van der Waals surface area contributed by atoms with Crippen molar-refractivity contribution in [2.45, 2.75) is 32.1 Å². The Hall–Kier alpha value is -1.29. The molecule has 0 heterocycles. The van der Waals surface area contributed by atoms with Crippen LogP contribution in [0.2, 0.25) is 0 Å². The zero-order valence-corrected chi connectivity index (χ0v) is 11.9. The predicted molar refractivity (Wildman–Crippen MR) is 74.1 cm³/mol. The van der Waals surface area contributed by atoms with E-state index in [-0.39, 0.29) is 16.7 Å². The molecule has 0 aliphatic rings. The topological polar surface area (TPSA) is 49.3 Å². The van der Waals surface area contributed by atoms with Crippen LogP contribution in [-0.4, -0.2) is 22.9 Å². The van der Waals surface area contributed by atoms with Crippen molar-refractivity contribution in [3.63, 3.8) is 0 Å². The van der Waals surface area contributed by atoms with Gasteiger partial charge in [-0.1, -0.05) is 26.7 Å². The number of benzene rings is 1. The molecule has 1 amide bonds. The summed E-state index contributed by atoms with van der Waals surface area (Å²) in [6.45, 7) is 4.43. The third-order valence-electron chi connectivity index (χ3n) is 3.22. The third kappa shape index (κ3) is 4.39. The van der Waals surface area contributed by atoms with Crippen molar-refractivity contribution in [2.75, 3.05) is 6.54 Å². The van der Waals surface area contributed by atoms with Gasteiger partial charge in [0.1, 0.15) is 11.6 Å². The minimum absolute atomic E-state index is 0.0508. The number of alkyl halides is 1. The highest BCUT2D eigenvalue weighted by Crippen LogP contribution is 2.20. The Kier molecular flexibility index (Phi) is 6.09.